The van der Waals surface area contributed by atoms with Crippen LogP contribution in [0.15, 0.2) is 43.0 Å². The third-order valence-electron chi connectivity index (χ3n) is 2.29. The van der Waals surface area contributed by atoms with E-state index in [1.165, 1.54) is 4.90 Å². The molecule has 0 unspecified atom stereocenters. The number of carbonyl (C=O) groups is 2. The molecule has 2 N–H and O–H groups in total. The zero-order valence-corrected chi connectivity index (χ0v) is 10.9. The topological polar surface area (TPSA) is 68.9 Å². The SMILES string of the molecule is C=CC(=O)N(C(=O)c1ccccc1)C(C)(C)C.O. The Morgan fingerprint density at radius 2 is 1.67 bits per heavy atom. The monoisotopic (exact) mass is 249 g/mol. The standard InChI is InChI=1S/C14H17NO2.H2O/c1-5-12(16)15(14(2,3)4)13(17)11-9-7-6-8-10-11;/h5-10H,1H2,2-4H3;1H2. The molecule has 4 heteroatoms. The Balaban J connectivity index is 0.00000289. The van der Waals surface area contributed by atoms with Gasteiger partial charge in [-0.3, -0.25) is 14.5 Å². The molecule has 0 bridgehead atoms. The second kappa shape index (κ2) is 6.12. The van der Waals surface area contributed by atoms with E-state index in [0.717, 1.165) is 6.08 Å². The first-order chi connectivity index (χ1) is 7.88. The van der Waals surface area contributed by atoms with E-state index in [-0.39, 0.29) is 17.3 Å². The van der Waals surface area contributed by atoms with E-state index < -0.39 is 5.54 Å². The van der Waals surface area contributed by atoms with Gasteiger partial charge in [-0.25, -0.2) is 0 Å². The number of carbonyl (C=O) groups excluding carboxylic acids is 2. The molecule has 0 aromatic heterocycles. The lowest BCUT2D eigenvalue weighted by Gasteiger charge is -2.33. The molecule has 0 atom stereocenters. The van der Waals surface area contributed by atoms with Gasteiger partial charge >= 0.3 is 0 Å². The van der Waals surface area contributed by atoms with Crippen molar-refractivity contribution >= 4 is 11.8 Å². The van der Waals surface area contributed by atoms with E-state index in [1.807, 2.05) is 26.8 Å². The highest BCUT2D eigenvalue weighted by Crippen LogP contribution is 2.17. The predicted octanol–water partition coefficient (Wildman–Crippen LogP) is 1.82. The lowest BCUT2D eigenvalue weighted by atomic mass is 10.0. The van der Waals surface area contributed by atoms with Gasteiger partial charge in [-0.05, 0) is 39.0 Å². The van der Waals surface area contributed by atoms with Crippen LogP contribution in [0.3, 0.4) is 0 Å². The molecular weight excluding hydrogens is 230 g/mol. The smallest absolute Gasteiger partial charge is 0.261 e. The Kier molecular flexibility index (Phi) is 5.46. The van der Waals surface area contributed by atoms with Gasteiger partial charge in [-0.2, -0.15) is 0 Å². The van der Waals surface area contributed by atoms with Crippen LogP contribution in [-0.2, 0) is 4.79 Å². The number of imide groups is 1. The third kappa shape index (κ3) is 3.53. The van der Waals surface area contributed by atoms with Crippen molar-refractivity contribution in [2.24, 2.45) is 0 Å². The van der Waals surface area contributed by atoms with Crippen LogP contribution in [-0.4, -0.2) is 27.7 Å². The van der Waals surface area contributed by atoms with E-state index >= 15 is 0 Å². The van der Waals surface area contributed by atoms with Crippen molar-refractivity contribution < 1.29 is 15.1 Å². The summed E-state index contributed by atoms with van der Waals surface area (Å²) in [5, 5.41) is 0. The molecule has 0 heterocycles. The maximum atomic E-state index is 12.2. The van der Waals surface area contributed by atoms with E-state index in [9.17, 15) is 9.59 Å². The summed E-state index contributed by atoms with van der Waals surface area (Å²) in [5.74, 6) is -0.686. The first-order valence-electron chi connectivity index (χ1n) is 5.44. The molecule has 1 aromatic carbocycles. The molecule has 0 spiro atoms. The third-order valence-corrected chi connectivity index (χ3v) is 2.29. The normalized spacial score (nSPS) is 10.2. The van der Waals surface area contributed by atoms with Crippen LogP contribution in [0.1, 0.15) is 31.1 Å². The Morgan fingerprint density at radius 3 is 2.06 bits per heavy atom. The molecule has 1 aromatic rings. The lowest BCUT2D eigenvalue weighted by Crippen LogP contribution is -2.48. The van der Waals surface area contributed by atoms with Gasteiger partial charge in [0.25, 0.3) is 11.8 Å². The number of nitrogens with zero attached hydrogens (tertiary/aromatic N) is 1. The molecule has 1 rings (SSSR count). The van der Waals surface area contributed by atoms with Gasteiger partial charge in [0.05, 0.1) is 0 Å². The molecule has 4 nitrogen and oxygen atoms in total. The first kappa shape index (κ1) is 16.1. The highest BCUT2D eigenvalue weighted by molar-refractivity contribution is 6.08. The average molecular weight is 249 g/mol. The summed E-state index contributed by atoms with van der Waals surface area (Å²) in [6.45, 7) is 8.87. The molecule has 0 saturated carbocycles. The van der Waals surface area contributed by atoms with E-state index in [1.54, 1.807) is 24.3 Å². The van der Waals surface area contributed by atoms with Crippen molar-refractivity contribution in [2.45, 2.75) is 26.3 Å². The van der Waals surface area contributed by atoms with Crippen molar-refractivity contribution in [3.05, 3.63) is 48.6 Å². The van der Waals surface area contributed by atoms with E-state index in [0.29, 0.717) is 5.56 Å². The summed E-state index contributed by atoms with van der Waals surface area (Å²) in [7, 11) is 0. The van der Waals surface area contributed by atoms with Gasteiger partial charge in [0.1, 0.15) is 0 Å². The molecule has 2 amide bonds. The van der Waals surface area contributed by atoms with Crippen molar-refractivity contribution in [1.29, 1.82) is 0 Å². The lowest BCUT2D eigenvalue weighted by molar-refractivity contribution is -0.127. The molecule has 0 aliphatic heterocycles. The number of hydrogen-bond donors (Lipinski definition) is 0. The minimum Gasteiger partial charge on any atom is -0.412 e. The first-order valence-corrected chi connectivity index (χ1v) is 5.44. The zero-order valence-electron chi connectivity index (χ0n) is 10.9. The largest absolute Gasteiger partial charge is 0.412 e. The van der Waals surface area contributed by atoms with Gasteiger partial charge in [0, 0.05) is 11.1 Å². The summed E-state index contributed by atoms with van der Waals surface area (Å²) >= 11 is 0. The van der Waals surface area contributed by atoms with Gasteiger partial charge in [0.15, 0.2) is 0 Å². The summed E-state index contributed by atoms with van der Waals surface area (Å²) in [6.07, 6.45) is 1.16. The molecular formula is C14H19NO3. The molecule has 0 radical (unpaired) electrons. The predicted molar refractivity (Wildman–Crippen MR) is 71.2 cm³/mol. The van der Waals surface area contributed by atoms with Gasteiger partial charge in [0.2, 0.25) is 0 Å². The van der Waals surface area contributed by atoms with E-state index in [4.69, 9.17) is 0 Å². The second-order valence-corrected chi connectivity index (χ2v) is 4.72. The van der Waals surface area contributed by atoms with Crippen LogP contribution in [0.25, 0.3) is 0 Å². The van der Waals surface area contributed by atoms with Crippen molar-refractivity contribution in [3.8, 4) is 0 Å². The second-order valence-electron chi connectivity index (χ2n) is 4.72. The molecule has 0 saturated heterocycles. The van der Waals surface area contributed by atoms with Crippen LogP contribution in [0, 0.1) is 0 Å². The van der Waals surface area contributed by atoms with Crippen LogP contribution < -0.4 is 0 Å². The van der Waals surface area contributed by atoms with E-state index in [2.05, 4.69) is 6.58 Å². The average Bonchev–Trinajstić information content (AvgIpc) is 2.28. The minimum absolute atomic E-state index is 0. The Hall–Kier alpha value is -1.94. The Labute approximate surface area is 107 Å². The Morgan fingerprint density at radius 1 is 1.17 bits per heavy atom. The number of benzene rings is 1. The molecule has 18 heavy (non-hydrogen) atoms. The Bertz CT molecular complexity index is 432. The fourth-order valence-electron chi connectivity index (χ4n) is 1.54. The maximum absolute atomic E-state index is 12.2. The van der Waals surface area contributed by atoms with Gasteiger partial charge < -0.3 is 5.48 Å². The highest BCUT2D eigenvalue weighted by atomic mass is 16.2. The van der Waals surface area contributed by atoms with Crippen LogP contribution in [0.5, 0.6) is 0 Å². The summed E-state index contributed by atoms with van der Waals surface area (Å²) in [4.78, 5) is 25.2. The van der Waals surface area contributed by atoms with Crippen molar-refractivity contribution in [3.63, 3.8) is 0 Å². The van der Waals surface area contributed by atoms with Crippen LogP contribution >= 0.6 is 0 Å². The molecule has 0 aliphatic rings. The van der Waals surface area contributed by atoms with Gasteiger partial charge in [-0.1, -0.05) is 24.8 Å². The number of rotatable bonds is 2. The van der Waals surface area contributed by atoms with Crippen LogP contribution in [0.4, 0.5) is 0 Å². The van der Waals surface area contributed by atoms with Crippen molar-refractivity contribution in [2.75, 3.05) is 0 Å². The molecule has 0 fully saturated rings. The fourth-order valence-corrected chi connectivity index (χ4v) is 1.54. The summed E-state index contributed by atoms with van der Waals surface area (Å²) in [5.41, 5.74) is -0.0734. The van der Waals surface area contributed by atoms with Gasteiger partial charge in [-0.15, -0.1) is 0 Å². The maximum Gasteiger partial charge on any atom is 0.261 e. The minimum atomic E-state index is -0.571. The summed E-state index contributed by atoms with van der Waals surface area (Å²) < 4.78 is 0. The fraction of sp³-hybridized carbons (Fsp3) is 0.286. The quantitative estimate of drug-likeness (QED) is 0.750. The van der Waals surface area contributed by atoms with Crippen LogP contribution in [0.2, 0.25) is 0 Å². The van der Waals surface area contributed by atoms with Crippen molar-refractivity contribution in [1.82, 2.24) is 4.90 Å². The number of hydrogen-bond acceptors (Lipinski definition) is 2. The summed E-state index contributed by atoms with van der Waals surface area (Å²) in [6, 6.07) is 8.75. The highest BCUT2D eigenvalue weighted by Gasteiger charge is 2.31. The number of amides is 2. The zero-order chi connectivity index (χ0) is 13.1. The molecule has 98 valence electrons. The molecule has 0 aliphatic carbocycles.